The van der Waals surface area contributed by atoms with Crippen molar-refractivity contribution in [3.8, 4) is 28.9 Å². The lowest BCUT2D eigenvalue weighted by molar-refractivity contribution is 0.141. The third-order valence-corrected chi connectivity index (χ3v) is 8.13. The molecule has 0 unspecified atom stereocenters. The maximum Gasteiger partial charge on any atom is 0.262 e. The highest BCUT2D eigenvalue weighted by atomic mass is 16.5. The Labute approximate surface area is 227 Å². The fraction of sp³-hybridized carbons (Fsp3) is 0.367. The van der Waals surface area contributed by atoms with Crippen molar-refractivity contribution in [1.82, 2.24) is 30.0 Å². The minimum absolute atomic E-state index is 0.417. The van der Waals surface area contributed by atoms with Crippen molar-refractivity contribution in [2.24, 2.45) is 0 Å². The van der Waals surface area contributed by atoms with E-state index in [1.54, 1.807) is 13.3 Å². The van der Waals surface area contributed by atoms with Crippen LogP contribution in [0.15, 0.2) is 54.7 Å². The number of aromatic nitrogens is 5. The molecule has 0 bridgehead atoms. The molecule has 5 aromatic rings. The standard InChI is InChI=1S/C30H33N7O2/c1-38-27-6-5-13-31-30(27)39-22-8-10-24-23(19-22)28(35-34-24)29-32-25-9-7-21(18-26(25)33-29)37-16-11-20(12-17-37)36-14-3-2-4-15-36/h5-10,13,18-20H,2-4,11-12,14-17H2,1H3,(H,32,33)(H,34,35). The number of piperidine rings is 2. The van der Waals surface area contributed by atoms with Gasteiger partial charge in [0.1, 0.15) is 11.4 Å². The van der Waals surface area contributed by atoms with Crippen LogP contribution in [0.5, 0.6) is 17.4 Å². The van der Waals surface area contributed by atoms with Crippen LogP contribution < -0.4 is 14.4 Å². The highest BCUT2D eigenvalue weighted by Crippen LogP contribution is 2.34. The third kappa shape index (κ3) is 4.67. The lowest BCUT2D eigenvalue weighted by Gasteiger charge is -2.41. The van der Waals surface area contributed by atoms with Crippen molar-refractivity contribution < 1.29 is 9.47 Å². The number of methoxy groups -OCH3 is 1. The van der Waals surface area contributed by atoms with Crippen LogP contribution in [0.1, 0.15) is 32.1 Å². The van der Waals surface area contributed by atoms with Gasteiger partial charge in [-0.25, -0.2) is 9.97 Å². The number of imidazole rings is 1. The molecule has 9 heteroatoms. The molecule has 0 spiro atoms. The predicted molar refractivity (Wildman–Crippen MR) is 153 cm³/mol. The van der Waals surface area contributed by atoms with Crippen LogP contribution in [0.4, 0.5) is 5.69 Å². The van der Waals surface area contributed by atoms with Crippen molar-refractivity contribution >= 4 is 27.6 Å². The first kappa shape index (κ1) is 24.0. The lowest BCUT2D eigenvalue weighted by Crippen LogP contribution is -2.46. The van der Waals surface area contributed by atoms with Crippen LogP contribution in [-0.4, -0.2) is 69.4 Å². The summed E-state index contributed by atoms with van der Waals surface area (Å²) in [5.74, 6) is 2.37. The predicted octanol–water partition coefficient (Wildman–Crippen LogP) is 5.76. The summed E-state index contributed by atoms with van der Waals surface area (Å²) in [6, 6.07) is 16.7. The van der Waals surface area contributed by atoms with E-state index in [0.717, 1.165) is 52.6 Å². The number of hydrogen-bond donors (Lipinski definition) is 2. The van der Waals surface area contributed by atoms with Crippen molar-refractivity contribution in [3.63, 3.8) is 0 Å². The van der Waals surface area contributed by atoms with E-state index in [2.05, 4.69) is 48.2 Å². The molecule has 7 rings (SSSR count). The molecule has 39 heavy (non-hydrogen) atoms. The van der Waals surface area contributed by atoms with Gasteiger partial charge in [-0.3, -0.25) is 5.10 Å². The number of rotatable bonds is 6. The van der Waals surface area contributed by atoms with Gasteiger partial charge in [-0.15, -0.1) is 0 Å². The quantitative estimate of drug-likeness (QED) is 0.292. The highest BCUT2D eigenvalue weighted by molar-refractivity contribution is 5.94. The van der Waals surface area contributed by atoms with E-state index >= 15 is 0 Å². The summed E-state index contributed by atoms with van der Waals surface area (Å²) in [5, 5.41) is 8.62. The van der Waals surface area contributed by atoms with E-state index in [-0.39, 0.29) is 0 Å². The molecule has 5 heterocycles. The zero-order chi connectivity index (χ0) is 26.2. The second kappa shape index (κ2) is 10.2. The van der Waals surface area contributed by atoms with Crippen LogP contribution in [0, 0.1) is 0 Å². The fourth-order valence-electron chi connectivity index (χ4n) is 6.04. The first-order chi connectivity index (χ1) is 19.2. The number of nitrogens with zero attached hydrogens (tertiary/aromatic N) is 5. The number of hydrogen-bond acceptors (Lipinski definition) is 7. The number of benzene rings is 2. The molecule has 200 valence electrons. The van der Waals surface area contributed by atoms with Crippen LogP contribution in [-0.2, 0) is 0 Å². The molecule has 3 aromatic heterocycles. The Bertz CT molecular complexity index is 1600. The van der Waals surface area contributed by atoms with Gasteiger partial charge in [0.15, 0.2) is 11.6 Å². The third-order valence-electron chi connectivity index (χ3n) is 8.13. The molecule has 0 aliphatic carbocycles. The molecule has 2 fully saturated rings. The first-order valence-electron chi connectivity index (χ1n) is 13.9. The van der Waals surface area contributed by atoms with Gasteiger partial charge < -0.3 is 24.3 Å². The zero-order valence-corrected chi connectivity index (χ0v) is 22.2. The van der Waals surface area contributed by atoms with Crippen molar-refractivity contribution in [2.45, 2.75) is 38.1 Å². The van der Waals surface area contributed by atoms with Crippen LogP contribution in [0.2, 0.25) is 0 Å². The number of pyridine rings is 1. The average Bonchev–Trinajstić information content (AvgIpc) is 3.61. The molecule has 0 amide bonds. The van der Waals surface area contributed by atoms with Gasteiger partial charge in [0.2, 0.25) is 0 Å². The average molecular weight is 524 g/mol. The monoisotopic (exact) mass is 523 g/mol. The first-order valence-corrected chi connectivity index (χ1v) is 13.9. The largest absolute Gasteiger partial charge is 0.491 e. The molecule has 0 atom stereocenters. The number of ether oxygens (including phenoxy) is 2. The Hall–Kier alpha value is -4.11. The Kier molecular flexibility index (Phi) is 6.28. The molecule has 2 aliphatic heterocycles. The van der Waals surface area contributed by atoms with E-state index in [4.69, 9.17) is 14.5 Å². The van der Waals surface area contributed by atoms with Gasteiger partial charge in [-0.05, 0) is 87.3 Å². The SMILES string of the molecule is COc1cccnc1Oc1ccc2[nH]nc(-c3nc4ccc(N5CCC(N6CCCCC6)CC5)cc4[nH]3)c2c1. The van der Waals surface area contributed by atoms with Crippen molar-refractivity contribution in [2.75, 3.05) is 38.2 Å². The number of anilines is 1. The van der Waals surface area contributed by atoms with E-state index in [1.165, 1.54) is 50.9 Å². The highest BCUT2D eigenvalue weighted by Gasteiger charge is 2.26. The molecule has 2 aromatic carbocycles. The summed E-state index contributed by atoms with van der Waals surface area (Å²) in [6.45, 7) is 4.75. The van der Waals surface area contributed by atoms with Crippen LogP contribution in [0.25, 0.3) is 33.5 Å². The summed E-state index contributed by atoms with van der Waals surface area (Å²) in [5.41, 5.74) is 4.86. The Morgan fingerprint density at radius 3 is 2.64 bits per heavy atom. The minimum atomic E-state index is 0.417. The smallest absolute Gasteiger partial charge is 0.262 e. The van der Waals surface area contributed by atoms with E-state index in [1.807, 2.05) is 30.3 Å². The van der Waals surface area contributed by atoms with E-state index in [0.29, 0.717) is 17.4 Å². The summed E-state index contributed by atoms with van der Waals surface area (Å²) in [7, 11) is 1.60. The van der Waals surface area contributed by atoms with Crippen LogP contribution >= 0.6 is 0 Å². The van der Waals surface area contributed by atoms with E-state index in [9.17, 15) is 0 Å². The summed E-state index contributed by atoms with van der Waals surface area (Å²) in [4.78, 5) is 17.9. The summed E-state index contributed by atoms with van der Waals surface area (Å²) >= 11 is 0. The number of aromatic amines is 2. The van der Waals surface area contributed by atoms with Gasteiger partial charge in [0.05, 0.1) is 23.7 Å². The zero-order valence-electron chi connectivity index (χ0n) is 22.2. The van der Waals surface area contributed by atoms with Gasteiger partial charge >= 0.3 is 0 Å². The number of likely N-dealkylation sites (tertiary alicyclic amines) is 1. The summed E-state index contributed by atoms with van der Waals surface area (Å²) in [6.07, 6.45) is 8.26. The normalized spacial score (nSPS) is 17.2. The molecule has 9 nitrogen and oxygen atoms in total. The number of nitrogens with one attached hydrogen (secondary N) is 2. The minimum Gasteiger partial charge on any atom is -0.491 e. The lowest BCUT2D eigenvalue weighted by atomic mass is 9.99. The molecule has 0 saturated carbocycles. The Balaban J connectivity index is 1.12. The second-order valence-corrected chi connectivity index (χ2v) is 10.5. The molecule has 0 radical (unpaired) electrons. The molecule has 2 N–H and O–H groups in total. The fourth-order valence-corrected chi connectivity index (χ4v) is 6.04. The van der Waals surface area contributed by atoms with Gasteiger partial charge in [0, 0.05) is 36.4 Å². The maximum absolute atomic E-state index is 6.04. The maximum atomic E-state index is 6.04. The Morgan fingerprint density at radius 2 is 1.79 bits per heavy atom. The van der Waals surface area contributed by atoms with Gasteiger partial charge in [-0.1, -0.05) is 6.42 Å². The molecular weight excluding hydrogens is 490 g/mol. The second-order valence-electron chi connectivity index (χ2n) is 10.5. The van der Waals surface area contributed by atoms with Crippen molar-refractivity contribution in [1.29, 1.82) is 0 Å². The molecule has 2 saturated heterocycles. The van der Waals surface area contributed by atoms with Crippen LogP contribution in [0.3, 0.4) is 0 Å². The van der Waals surface area contributed by atoms with Gasteiger partial charge in [-0.2, -0.15) is 5.10 Å². The van der Waals surface area contributed by atoms with E-state index < -0.39 is 0 Å². The molecule has 2 aliphatic rings. The summed E-state index contributed by atoms with van der Waals surface area (Å²) < 4.78 is 11.4. The van der Waals surface area contributed by atoms with Gasteiger partial charge in [0.25, 0.3) is 5.88 Å². The molecular formula is C30H33N7O2. The topological polar surface area (TPSA) is 95.2 Å². The number of fused-ring (bicyclic) bond motifs is 2. The Morgan fingerprint density at radius 1 is 0.923 bits per heavy atom. The number of H-pyrrole nitrogens is 2. The van der Waals surface area contributed by atoms with Crippen molar-refractivity contribution in [3.05, 3.63) is 54.7 Å².